The van der Waals surface area contributed by atoms with Gasteiger partial charge in [0, 0.05) is 0 Å². The molecule has 10 heteroatoms. The summed E-state index contributed by atoms with van der Waals surface area (Å²) in [4.78, 5) is 24.7. The topological polar surface area (TPSA) is 118 Å². The van der Waals surface area contributed by atoms with Crippen LogP contribution in [0.1, 0.15) is 0 Å². The summed E-state index contributed by atoms with van der Waals surface area (Å²) >= 11 is 0. The average molecular weight is 200 g/mol. The molecule has 1 rings (SSSR count). The molecule has 0 aromatic heterocycles. The molecule has 60 valence electrons. The largest absolute Gasteiger partial charge is 0.670 e. The predicted octanol–water partition coefficient (Wildman–Crippen LogP) is 0.396. The molecule has 1 heterocycles. The van der Waals surface area contributed by atoms with E-state index < -0.39 is 21.3 Å². The fraction of sp³-hybridized carbons (Fsp3) is 1.00. The summed E-state index contributed by atoms with van der Waals surface area (Å²) in [6, 6.07) is 0. The van der Waals surface area contributed by atoms with Gasteiger partial charge in [-0.2, -0.15) is 14.8 Å². The highest BCUT2D eigenvalue weighted by Crippen LogP contribution is 2.55. The van der Waals surface area contributed by atoms with Crippen molar-refractivity contribution in [1.82, 2.24) is 0 Å². The molecule has 11 heavy (non-hydrogen) atoms. The first kappa shape index (κ1) is 8.58. The molecule has 0 spiro atoms. The van der Waals surface area contributed by atoms with Gasteiger partial charge in [-0.1, -0.05) is 0 Å². The van der Waals surface area contributed by atoms with Crippen LogP contribution >= 0.6 is 16.1 Å². The number of hydrogen-bond acceptors (Lipinski definition) is 6. The molecule has 1 aliphatic rings. The highest BCUT2D eigenvalue weighted by Gasteiger charge is 2.76. The van der Waals surface area contributed by atoms with E-state index in [0.29, 0.717) is 0 Å². The first-order valence-electron chi connectivity index (χ1n) is 2.19. The summed E-state index contributed by atoms with van der Waals surface area (Å²) < 4.78 is 20.8. The molecule has 2 atom stereocenters. The van der Waals surface area contributed by atoms with Gasteiger partial charge in [-0.15, -0.1) is 0 Å². The van der Waals surface area contributed by atoms with Crippen molar-refractivity contribution in [2.45, 2.75) is 5.21 Å². The fourth-order valence-corrected chi connectivity index (χ4v) is 1.37. The Morgan fingerprint density at radius 3 is 2.00 bits per heavy atom. The second-order valence-corrected chi connectivity index (χ2v) is 4.12. The fourth-order valence-electron chi connectivity index (χ4n) is 0.367. The van der Waals surface area contributed by atoms with Gasteiger partial charge in [-0.3, -0.25) is 0 Å². The van der Waals surface area contributed by atoms with Crippen LogP contribution in [0.3, 0.4) is 0 Å². The van der Waals surface area contributed by atoms with E-state index in [1.54, 1.807) is 0 Å². The van der Waals surface area contributed by atoms with Crippen LogP contribution in [-0.4, -0.2) is 15.0 Å². The summed E-state index contributed by atoms with van der Waals surface area (Å²) in [5.41, 5.74) is 0. The molecule has 0 aliphatic carbocycles. The molecule has 0 radical (unpaired) electrons. The predicted molar refractivity (Wildman–Crippen MR) is 29.4 cm³/mol. The van der Waals surface area contributed by atoms with Crippen molar-refractivity contribution < 1.29 is 28.8 Å². The van der Waals surface area contributed by atoms with E-state index in [-0.39, 0.29) is 0 Å². The molecule has 0 bridgehead atoms. The van der Waals surface area contributed by atoms with Gasteiger partial charge in [0.25, 0.3) is 0 Å². The quantitative estimate of drug-likeness (QED) is 0.491. The van der Waals surface area contributed by atoms with Gasteiger partial charge in [-0.05, 0) is 19.1 Å². The maximum atomic E-state index is 10.4. The SMILES string of the molecule is O=[P+](O)C1([P+](=O)O)N=NOO1. The second kappa shape index (κ2) is 2.84. The van der Waals surface area contributed by atoms with Crippen LogP contribution in [0, 0.1) is 0 Å². The standard InChI is InChI=1S/CN2O6P2/c4-10(5)1(11(6)7)2-3-9-8-1/p+2. The zero-order valence-corrected chi connectivity index (χ0v) is 6.61. The molecule has 0 saturated carbocycles. The third-order valence-electron chi connectivity index (χ3n) is 0.852. The van der Waals surface area contributed by atoms with Gasteiger partial charge in [0.05, 0.1) is 5.28 Å². The summed E-state index contributed by atoms with van der Waals surface area (Å²) in [7, 11) is -6.23. The third-order valence-corrected chi connectivity index (χ3v) is 3.20. The lowest BCUT2D eigenvalue weighted by molar-refractivity contribution is -0.289. The van der Waals surface area contributed by atoms with Crippen LogP contribution in [0.25, 0.3) is 0 Å². The van der Waals surface area contributed by atoms with Gasteiger partial charge < -0.3 is 0 Å². The van der Waals surface area contributed by atoms with E-state index in [1.807, 2.05) is 0 Å². The highest BCUT2D eigenvalue weighted by molar-refractivity contribution is 7.59. The summed E-state index contributed by atoms with van der Waals surface area (Å²) in [5.74, 6) is 0. The van der Waals surface area contributed by atoms with E-state index in [0.717, 1.165) is 0 Å². The van der Waals surface area contributed by atoms with Crippen LogP contribution < -0.4 is 0 Å². The number of nitrogens with zero attached hydrogens (tertiary/aromatic N) is 2. The van der Waals surface area contributed by atoms with Gasteiger partial charge >= 0.3 is 21.3 Å². The lowest BCUT2D eigenvalue weighted by Gasteiger charge is -1.87. The van der Waals surface area contributed by atoms with Gasteiger partial charge in [0.15, 0.2) is 0 Å². The van der Waals surface area contributed by atoms with Crippen LogP contribution in [0.15, 0.2) is 10.4 Å². The minimum atomic E-state index is -3.12. The molecule has 0 amide bonds. The lowest BCUT2D eigenvalue weighted by atomic mass is 11.3. The number of rotatable bonds is 2. The minimum Gasteiger partial charge on any atom is -0.189 e. The van der Waals surface area contributed by atoms with E-state index in [1.165, 1.54) is 0 Å². The Hall–Kier alpha value is -0.520. The first-order valence-corrected chi connectivity index (χ1v) is 4.61. The van der Waals surface area contributed by atoms with Crippen molar-refractivity contribution in [3.05, 3.63) is 0 Å². The Morgan fingerprint density at radius 2 is 1.82 bits per heavy atom. The van der Waals surface area contributed by atoms with Crippen molar-refractivity contribution in [2.24, 2.45) is 10.4 Å². The average Bonchev–Trinajstić information content (AvgIpc) is 2.34. The Bertz CT molecular complexity index is 223. The smallest absolute Gasteiger partial charge is 0.189 e. The molecular weight excluding hydrogens is 198 g/mol. The summed E-state index contributed by atoms with van der Waals surface area (Å²) in [6.45, 7) is 0. The number of hydrogen-bond donors (Lipinski definition) is 2. The van der Waals surface area contributed by atoms with Crippen LogP contribution in [0.2, 0.25) is 0 Å². The van der Waals surface area contributed by atoms with Crippen LogP contribution in [0.4, 0.5) is 0 Å². The van der Waals surface area contributed by atoms with Crippen molar-refractivity contribution in [1.29, 1.82) is 0 Å². The Balaban J connectivity index is 2.98. The zero-order valence-electron chi connectivity index (χ0n) is 4.82. The van der Waals surface area contributed by atoms with Gasteiger partial charge in [0.1, 0.15) is 0 Å². The Kier molecular flexibility index (Phi) is 2.22. The highest BCUT2D eigenvalue weighted by atomic mass is 31.2. The summed E-state index contributed by atoms with van der Waals surface area (Å²) in [5, 5.41) is 3.13. The molecule has 0 aromatic carbocycles. The zero-order chi connectivity index (χ0) is 8.48. The second-order valence-electron chi connectivity index (χ2n) is 1.46. The normalized spacial score (nSPS) is 31.5. The van der Waals surface area contributed by atoms with Crippen molar-refractivity contribution >= 4 is 16.1 Å². The monoisotopic (exact) mass is 200 g/mol. The van der Waals surface area contributed by atoms with E-state index in [4.69, 9.17) is 9.79 Å². The molecule has 0 saturated heterocycles. The Morgan fingerprint density at radius 1 is 1.27 bits per heavy atom. The van der Waals surface area contributed by atoms with Crippen molar-refractivity contribution in [2.75, 3.05) is 0 Å². The molecule has 8 nitrogen and oxygen atoms in total. The Labute approximate surface area is 61.5 Å². The van der Waals surface area contributed by atoms with Gasteiger partial charge in [-0.25, -0.2) is 0 Å². The third kappa shape index (κ3) is 1.26. The van der Waals surface area contributed by atoms with Crippen LogP contribution in [0.5, 0.6) is 0 Å². The van der Waals surface area contributed by atoms with Crippen LogP contribution in [-0.2, 0) is 19.0 Å². The molecule has 2 unspecified atom stereocenters. The maximum Gasteiger partial charge on any atom is 0.670 e. The lowest BCUT2D eigenvalue weighted by Crippen LogP contribution is -2.15. The minimum absolute atomic E-state index is 2.44. The molecule has 0 aromatic rings. The molecule has 2 N–H and O–H groups in total. The van der Waals surface area contributed by atoms with Gasteiger partial charge in [0.2, 0.25) is 0 Å². The first-order chi connectivity index (χ1) is 5.09. The van der Waals surface area contributed by atoms with E-state index in [2.05, 4.69) is 20.3 Å². The van der Waals surface area contributed by atoms with Crippen molar-refractivity contribution in [3.63, 3.8) is 0 Å². The molecule has 0 fully saturated rings. The summed E-state index contributed by atoms with van der Waals surface area (Å²) in [6.07, 6.45) is 0. The maximum absolute atomic E-state index is 10.4. The van der Waals surface area contributed by atoms with Crippen molar-refractivity contribution in [3.8, 4) is 0 Å². The molecule has 1 aliphatic heterocycles. The van der Waals surface area contributed by atoms with E-state index >= 15 is 0 Å². The van der Waals surface area contributed by atoms with E-state index in [9.17, 15) is 9.13 Å². The molecular formula is CH2N2O6P2+2.